The maximum Gasteiger partial charge on any atom is 0.332 e. The third-order valence-corrected chi connectivity index (χ3v) is 7.65. The van der Waals surface area contributed by atoms with Crippen molar-refractivity contribution in [2.75, 3.05) is 0 Å². The van der Waals surface area contributed by atoms with Crippen molar-refractivity contribution in [2.45, 2.75) is 89.9 Å². The van der Waals surface area contributed by atoms with Crippen LogP contribution in [-0.4, -0.2) is 38.2 Å². The number of H-pyrrole nitrogens is 2. The summed E-state index contributed by atoms with van der Waals surface area (Å²) in [6.07, 6.45) is 2.76. The molecule has 4 aromatic heterocycles. The molecule has 0 unspecified atom stereocenters. The molecule has 0 aliphatic carbocycles. The van der Waals surface area contributed by atoms with E-state index < -0.39 is 11.1 Å². The molecule has 0 spiro atoms. The predicted molar refractivity (Wildman–Crippen MR) is 142 cm³/mol. The third kappa shape index (κ3) is 4.59. The highest BCUT2D eigenvalue weighted by Gasteiger charge is 2.20. The summed E-state index contributed by atoms with van der Waals surface area (Å²) in [5.74, 6) is 0. The van der Waals surface area contributed by atoms with E-state index in [1.165, 1.54) is 39.9 Å². The third-order valence-electron chi connectivity index (χ3n) is 5.67. The number of imidazole rings is 2. The van der Waals surface area contributed by atoms with Crippen molar-refractivity contribution in [3.05, 3.63) is 41.7 Å². The number of aromatic nitrogens is 8. The van der Waals surface area contributed by atoms with Gasteiger partial charge in [0.15, 0.2) is 32.6 Å². The van der Waals surface area contributed by atoms with Gasteiger partial charge in [0.1, 0.15) is 0 Å². The van der Waals surface area contributed by atoms with Gasteiger partial charge >= 0.3 is 11.4 Å². The molecule has 4 aromatic rings. The van der Waals surface area contributed by atoms with E-state index in [2.05, 4.69) is 19.9 Å². The molecule has 0 amide bonds. The molecule has 0 atom stereocenters. The lowest BCUT2D eigenvalue weighted by atomic mass is 10.4. The van der Waals surface area contributed by atoms with Crippen molar-refractivity contribution < 1.29 is 0 Å². The lowest BCUT2D eigenvalue weighted by Gasteiger charge is -2.09. The lowest BCUT2D eigenvalue weighted by molar-refractivity contribution is 0.555. The minimum atomic E-state index is -0.391. The first-order valence-corrected chi connectivity index (χ1v) is 14.3. The number of hydrogen-bond donors (Lipinski definition) is 2. The zero-order valence-electron chi connectivity index (χ0n) is 20.8. The summed E-state index contributed by atoms with van der Waals surface area (Å²) >= 11 is 0. The highest BCUT2D eigenvalue weighted by atomic mass is 33.1. The Bertz CT molecular complexity index is 1520. The monoisotopic (exact) mass is 534 g/mol. The second-order valence-electron chi connectivity index (χ2n) is 8.43. The average Bonchev–Trinajstić information content (AvgIpc) is 3.48. The van der Waals surface area contributed by atoms with Crippen LogP contribution in [0.5, 0.6) is 0 Å². The first-order chi connectivity index (χ1) is 17.4. The van der Waals surface area contributed by atoms with Crippen LogP contribution < -0.4 is 22.5 Å². The Morgan fingerprint density at radius 3 is 1.25 bits per heavy atom. The van der Waals surface area contributed by atoms with Crippen molar-refractivity contribution in [1.29, 1.82) is 0 Å². The normalized spacial score (nSPS) is 11.8. The number of aromatic amines is 2. The molecule has 0 fully saturated rings. The number of fused-ring (bicyclic) bond motifs is 2. The second-order valence-corrected chi connectivity index (χ2v) is 10.5. The summed E-state index contributed by atoms with van der Waals surface area (Å²) in [5, 5.41) is 0.862. The Labute approximate surface area is 213 Å². The summed E-state index contributed by atoms with van der Waals surface area (Å²) in [5.41, 5.74) is -0.290. The molecule has 0 bridgehead atoms. The van der Waals surface area contributed by atoms with Gasteiger partial charge in [-0.1, -0.05) is 27.7 Å². The zero-order chi connectivity index (χ0) is 26.0. The summed E-state index contributed by atoms with van der Waals surface area (Å²) in [6, 6.07) is 0. The van der Waals surface area contributed by atoms with E-state index in [1.54, 1.807) is 0 Å². The van der Waals surface area contributed by atoms with Crippen LogP contribution in [0.25, 0.3) is 22.3 Å². The molecule has 0 radical (unpaired) electrons. The number of hydrogen-bond acceptors (Lipinski definition) is 8. The maximum absolute atomic E-state index is 12.9. The fraction of sp³-hybridized carbons (Fsp3) is 0.545. The van der Waals surface area contributed by atoms with Gasteiger partial charge in [-0.05, 0) is 47.3 Å². The summed E-state index contributed by atoms with van der Waals surface area (Å²) in [6.45, 7) is 9.31. The van der Waals surface area contributed by atoms with Gasteiger partial charge in [-0.25, -0.2) is 19.6 Å². The molecule has 0 aliphatic rings. The van der Waals surface area contributed by atoms with Crippen LogP contribution in [0.1, 0.15) is 53.4 Å². The van der Waals surface area contributed by atoms with Gasteiger partial charge in [-0.3, -0.25) is 27.9 Å². The van der Waals surface area contributed by atoms with Crippen LogP contribution in [0.3, 0.4) is 0 Å². The standard InChI is InChI=1S/C22H30N8O4S2/c1-5-9-27-15-13(17(31)29(11-7-3)21(27)33)23-19(25-15)35-36-20-24-14-16(26-20)28(10-6-2)22(34)30(12-8-4)18(14)32/h5-12H2,1-4H3,(H,23,25)(H,24,26). The van der Waals surface area contributed by atoms with Gasteiger partial charge in [-0.2, -0.15) is 0 Å². The Hall–Kier alpha value is -3.00. The van der Waals surface area contributed by atoms with Gasteiger partial charge in [-0.15, -0.1) is 0 Å². The molecular weight excluding hydrogens is 504 g/mol. The highest BCUT2D eigenvalue weighted by Crippen LogP contribution is 2.35. The smallest absolute Gasteiger partial charge is 0.326 e. The molecular formula is C22H30N8O4S2. The fourth-order valence-corrected chi connectivity index (χ4v) is 5.78. The van der Waals surface area contributed by atoms with Gasteiger partial charge in [0.2, 0.25) is 0 Å². The topological polar surface area (TPSA) is 145 Å². The van der Waals surface area contributed by atoms with Crippen molar-refractivity contribution >= 4 is 43.9 Å². The minimum Gasteiger partial charge on any atom is -0.326 e. The van der Waals surface area contributed by atoms with Gasteiger partial charge < -0.3 is 9.97 Å². The van der Waals surface area contributed by atoms with E-state index in [4.69, 9.17) is 0 Å². The van der Waals surface area contributed by atoms with Crippen LogP contribution in [-0.2, 0) is 26.2 Å². The highest BCUT2D eigenvalue weighted by molar-refractivity contribution is 8.76. The van der Waals surface area contributed by atoms with Crippen LogP contribution in [0.4, 0.5) is 0 Å². The van der Waals surface area contributed by atoms with Gasteiger partial charge in [0, 0.05) is 26.2 Å². The van der Waals surface area contributed by atoms with E-state index in [9.17, 15) is 19.2 Å². The molecule has 0 aromatic carbocycles. The first-order valence-electron chi connectivity index (χ1n) is 12.2. The van der Waals surface area contributed by atoms with Crippen molar-refractivity contribution in [3.63, 3.8) is 0 Å². The number of nitrogens with one attached hydrogen (secondary N) is 2. The molecule has 14 heteroatoms. The number of nitrogens with zero attached hydrogens (tertiary/aromatic N) is 6. The van der Waals surface area contributed by atoms with Crippen LogP contribution in [0.2, 0.25) is 0 Å². The Morgan fingerprint density at radius 1 is 0.583 bits per heavy atom. The van der Waals surface area contributed by atoms with Crippen molar-refractivity contribution in [2.24, 2.45) is 0 Å². The number of aryl methyl sites for hydroxylation is 2. The fourth-order valence-electron chi connectivity index (χ4n) is 4.14. The second kappa shape index (κ2) is 10.9. The summed E-state index contributed by atoms with van der Waals surface area (Å²) in [4.78, 5) is 66.7. The van der Waals surface area contributed by atoms with Crippen LogP contribution in [0.15, 0.2) is 29.5 Å². The molecule has 0 saturated heterocycles. The summed E-state index contributed by atoms with van der Waals surface area (Å²) in [7, 11) is 2.43. The van der Waals surface area contributed by atoms with E-state index in [1.807, 2.05) is 27.7 Å². The lowest BCUT2D eigenvalue weighted by Crippen LogP contribution is -2.40. The average molecular weight is 535 g/mol. The van der Waals surface area contributed by atoms with E-state index in [-0.39, 0.29) is 22.4 Å². The van der Waals surface area contributed by atoms with Gasteiger partial charge in [0.25, 0.3) is 11.1 Å². The molecule has 36 heavy (non-hydrogen) atoms. The van der Waals surface area contributed by atoms with E-state index in [0.717, 1.165) is 12.8 Å². The molecule has 194 valence electrons. The Kier molecular flexibility index (Phi) is 7.93. The predicted octanol–water partition coefficient (Wildman–Crippen LogP) is 2.53. The molecule has 0 aliphatic heterocycles. The van der Waals surface area contributed by atoms with Crippen molar-refractivity contribution in [3.8, 4) is 0 Å². The minimum absolute atomic E-state index is 0.281. The maximum atomic E-state index is 12.9. The van der Waals surface area contributed by atoms with E-state index >= 15 is 0 Å². The van der Waals surface area contributed by atoms with Gasteiger partial charge in [0.05, 0.1) is 0 Å². The zero-order valence-corrected chi connectivity index (χ0v) is 22.4. The quantitative estimate of drug-likeness (QED) is 0.279. The van der Waals surface area contributed by atoms with Crippen LogP contribution >= 0.6 is 21.6 Å². The largest absolute Gasteiger partial charge is 0.332 e. The molecule has 4 rings (SSSR count). The molecule has 2 N–H and O–H groups in total. The number of rotatable bonds is 11. The SMILES string of the molecule is CCCn1c(=O)c2[nH]c(SSc3nc4c([nH]3)c(=O)n(CCC)c(=O)n4CCC)nc2n(CCC)c1=O. The Balaban J connectivity index is 1.73. The van der Waals surface area contributed by atoms with E-state index in [0.29, 0.717) is 60.6 Å². The molecule has 0 saturated carbocycles. The molecule has 12 nitrogen and oxygen atoms in total. The van der Waals surface area contributed by atoms with Crippen molar-refractivity contribution in [1.82, 2.24) is 38.2 Å². The first kappa shape index (κ1) is 26.1. The molecule has 4 heterocycles. The summed E-state index contributed by atoms with van der Waals surface area (Å²) < 4.78 is 5.54. The Morgan fingerprint density at radius 2 is 0.917 bits per heavy atom. The van der Waals surface area contributed by atoms with Crippen LogP contribution in [0, 0.1) is 0 Å².